The maximum Gasteiger partial charge on any atom is 0.357 e. The van der Waals surface area contributed by atoms with Crippen LogP contribution in [0.5, 0.6) is 0 Å². The van der Waals surface area contributed by atoms with Crippen molar-refractivity contribution < 1.29 is 14.3 Å². The molecular formula is C12H18N2O3S. The minimum absolute atomic E-state index is 0.258. The van der Waals surface area contributed by atoms with E-state index in [-0.39, 0.29) is 12.1 Å². The van der Waals surface area contributed by atoms with Gasteiger partial charge in [-0.05, 0) is 26.2 Å². The summed E-state index contributed by atoms with van der Waals surface area (Å²) in [5, 5.41) is 5.66. The van der Waals surface area contributed by atoms with Crippen LogP contribution in [0.2, 0.25) is 0 Å². The van der Waals surface area contributed by atoms with Crippen LogP contribution in [-0.4, -0.2) is 36.8 Å². The second kappa shape index (κ2) is 6.70. The van der Waals surface area contributed by atoms with Crippen molar-refractivity contribution in [2.75, 3.05) is 25.1 Å². The first-order valence-corrected chi connectivity index (χ1v) is 7.15. The van der Waals surface area contributed by atoms with Gasteiger partial charge >= 0.3 is 5.97 Å². The van der Waals surface area contributed by atoms with E-state index in [1.165, 1.54) is 17.8 Å². The summed E-state index contributed by atoms with van der Waals surface area (Å²) < 4.78 is 10.5. The van der Waals surface area contributed by atoms with Crippen molar-refractivity contribution >= 4 is 22.4 Å². The standard InChI is InChI=1S/C12H18N2O3S/c1-2-16-11(15)10-8-18-12(14-10)13-7-9-5-3-4-6-17-9/h8-9H,2-7H2,1H3,(H,13,14). The quantitative estimate of drug-likeness (QED) is 0.832. The van der Waals surface area contributed by atoms with Crippen LogP contribution in [0.3, 0.4) is 0 Å². The minimum atomic E-state index is -0.365. The van der Waals surface area contributed by atoms with E-state index < -0.39 is 0 Å². The smallest absolute Gasteiger partial charge is 0.357 e. The van der Waals surface area contributed by atoms with E-state index in [4.69, 9.17) is 9.47 Å². The lowest BCUT2D eigenvalue weighted by atomic mass is 10.1. The zero-order valence-electron chi connectivity index (χ0n) is 10.5. The van der Waals surface area contributed by atoms with E-state index in [0.29, 0.717) is 12.3 Å². The first kappa shape index (κ1) is 13.3. The van der Waals surface area contributed by atoms with Crippen LogP contribution >= 0.6 is 11.3 Å². The number of aromatic nitrogens is 1. The van der Waals surface area contributed by atoms with E-state index in [1.807, 2.05) is 0 Å². The Morgan fingerprint density at radius 2 is 2.56 bits per heavy atom. The number of nitrogens with zero attached hydrogens (tertiary/aromatic N) is 1. The Labute approximate surface area is 111 Å². The molecule has 1 N–H and O–H groups in total. The molecule has 1 unspecified atom stereocenters. The highest BCUT2D eigenvalue weighted by molar-refractivity contribution is 7.13. The molecule has 1 atom stereocenters. The fourth-order valence-corrected chi connectivity index (χ4v) is 2.51. The third kappa shape index (κ3) is 3.68. The number of carbonyl (C=O) groups excluding carboxylic acids is 1. The molecular weight excluding hydrogens is 252 g/mol. The highest BCUT2D eigenvalue weighted by Crippen LogP contribution is 2.18. The van der Waals surface area contributed by atoms with Gasteiger partial charge in [-0.15, -0.1) is 11.3 Å². The molecule has 0 spiro atoms. The zero-order valence-corrected chi connectivity index (χ0v) is 11.3. The Bertz CT molecular complexity index is 388. The molecule has 1 aromatic rings. The second-order valence-corrected chi connectivity index (χ2v) is 4.99. The Morgan fingerprint density at radius 3 is 3.28 bits per heavy atom. The summed E-state index contributed by atoms with van der Waals surface area (Å²) in [6.07, 6.45) is 3.72. The van der Waals surface area contributed by atoms with Gasteiger partial charge in [0.15, 0.2) is 10.8 Å². The summed E-state index contributed by atoms with van der Waals surface area (Å²) in [7, 11) is 0. The molecule has 2 heterocycles. The van der Waals surface area contributed by atoms with Crippen molar-refractivity contribution in [3.05, 3.63) is 11.1 Å². The Morgan fingerprint density at radius 1 is 1.67 bits per heavy atom. The van der Waals surface area contributed by atoms with Crippen LogP contribution in [0.15, 0.2) is 5.38 Å². The lowest BCUT2D eigenvalue weighted by Gasteiger charge is -2.22. The fourth-order valence-electron chi connectivity index (χ4n) is 1.82. The molecule has 2 rings (SSSR count). The molecule has 1 aliphatic rings. The summed E-state index contributed by atoms with van der Waals surface area (Å²) >= 11 is 1.41. The van der Waals surface area contributed by atoms with E-state index in [2.05, 4.69) is 10.3 Å². The van der Waals surface area contributed by atoms with Crippen LogP contribution in [0.1, 0.15) is 36.7 Å². The first-order valence-electron chi connectivity index (χ1n) is 6.27. The van der Waals surface area contributed by atoms with Crippen LogP contribution < -0.4 is 5.32 Å². The molecule has 100 valence electrons. The van der Waals surface area contributed by atoms with Crippen LogP contribution in [0, 0.1) is 0 Å². The monoisotopic (exact) mass is 270 g/mol. The number of nitrogens with one attached hydrogen (secondary N) is 1. The van der Waals surface area contributed by atoms with Crippen molar-refractivity contribution in [3.8, 4) is 0 Å². The van der Waals surface area contributed by atoms with E-state index in [9.17, 15) is 4.79 Å². The second-order valence-electron chi connectivity index (χ2n) is 4.13. The summed E-state index contributed by atoms with van der Waals surface area (Å²) in [6, 6.07) is 0. The Balaban J connectivity index is 1.80. The van der Waals surface area contributed by atoms with Gasteiger partial charge in [-0.25, -0.2) is 9.78 Å². The Hall–Kier alpha value is -1.14. The molecule has 5 nitrogen and oxygen atoms in total. The zero-order chi connectivity index (χ0) is 12.8. The molecule has 0 aliphatic carbocycles. The number of esters is 1. The minimum Gasteiger partial charge on any atom is -0.461 e. The average molecular weight is 270 g/mol. The van der Waals surface area contributed by atoms with E-state index >= 15 is 0 Å². The van der Waals surface area contributed by atoms with Gasteiger partial charge in [0.25, 0.3) is 0 Å². The molecule has 0 radical (unpaired) electrons. The molecule has 1 aromatic heterocycles. The molecule has 0 amide bonds. The van der Waals surface area contributed by atoms with Crippen LogP contribution in [0.4, 0.5) is 5.13 Å². The van der Waals surface area contributed by atoms with Gasteiger partial charge < -0.3 is 14.8 Å². The van der Waals surface area contributed by atoms with Gasteiger partial charge in [0, 0.05) is 18.5 Å². The van der Waals surface area contributed by atoms with E-state index in [1.54, 1.807) is 12.3 Å². The maximum absolute atomic E-state index is 11.4. The SMILES string of the molecule is CCOC(=O)c1csc(NCC2CCCCO2)n1. The molecule has 0 saturated carbocycles. The number of hydrogen-bond acceptors (Lipinski definition) is 6. The van der Waals surface area contributed by atoms with Crippen LogP contribution in [-0.2, 0) is 9.47 Å². The van der Waals surface area contributed by atoms with Crippen molar-refractivity contribution in [2.24, 2.45) is 0 Å². The number of anilines is 1. The predicted molar refractivity (Wildman–Crippen MR) is 70.2 cm³/mol. The van der Waals surface area contributed by atoms with Crippen molar-refractivity contribution in [1.29, 1.82) is 0 Å². The number of carbonyl (C=O) groups is 1. The summed E-state index contributed by atoms with van der Waals surface area (Å²) in [5.41, 5.74) is 0.369. The summed E-state index contributed by atoms with van der Waals surface area (Å²) in [4.78, 5) is 15.6. The van der Waals surface area contributed by atoms with E-state index in [0.717, 1.165) is 31.1 Å². The highest BCUT2D eigenvalue weighted by Gasteiger charge is 2.15. The first-order chi connectivity index (χ1) is 8.79. The van der Waals surface area contributed by atoms with Crippen molar-refractivity contribution in [2.45, 2.75) is 32.3 Å². The molecule has 1 aliphatic heterocycles. The molecule has 0 aromatic carbocycles. The van der Waals surface area contributed by atoms with Gasteiger partial charge in [0.2, 0.25) is 0 Å². The third-order valence-electron chi connectivity index (χ3n) is 2.74. The molecule has 6 heteroatoms. The van der Waals surface area contributed by atoms with Gasteiger partial charge in [-0.1, -0.05) is 0 Å². The molecule has 18 heavy (non-hydrogen) atoms. The molecule has 1 fully saturated rings. The van der Waals surface area contributed by atoms with Gasteiger partial charge in [-0.2, -0.15) is 0 Å². The average Bonchev–Trinajstić information content (AvgIpc) is 2.87. The van der Waals surface area contributed by atoms with Crippen molar-refractivity contribution in [1.82, 2.24) is 4.98 Å². The van der Waals surface area contributed by atoms with Crippen molar-refractivity contribution in [3.63, 3.8) is 0 Å². The number of hydrogen-bond donors (Lipinski definition) is 1. The topological polar surface area (TPSA) is 60.5 Å². The number of rotatable bonds is 5. The van der Waals surface area contributed by atoms with Gasteiger partial charge in [-0.3, -0.25) is 0 Å². The highest BCUT2D eigenvalue weighted by atomic mass is 32.1. The fraction of sp³-hybridized carbons (Fsp3) is 0.667. The van der Waals surface area contributed by atoms with Gasteiger partial charge in [0.1, 0.15) is 0 Å². The summed E-state index contributed by atoms with van der Waals surface area (Å²) in [5.74, 6) is -0.365. The summed E-state index contributed by atoms with van der Waals surface area (Å²) in [6.45, 7) is 3.74. The normalized spacial score (nSPS) is 19.5. The van der Waals surface area contributed by atoms with Crippen LogP contribution in [0.25, 0.3) is 0 Å². The predicted octanol–water partition coefficient (Wildman–Crippen LogP) is 2.30. The third-order valence-corrected chi connectivity index (χ3v) is 3.54. The lowest BCUT2D eigenvalue weighted by molar-refractivity contribution is 0.0247. The maximum atomic E-state index is 11.4. The number of ether oxygens (including phenoxy) is 2. The lowest BCUT2D eigenvalue weighted by Crippen LogP contribution is -2.26. The number of thiazole rings is 1. The van der Waals surface area contributed by atoms with Gasteiger partial charge in [0.05, 0.1) is 12.7 Å². The Kier molecular flexibility index (Phi) is 4.95. The largest absolute Gasteiger partial charge is 0.461 e. The molecule has 1 saturated heterocycles. The molecule has 0 bridgehead atoms.